The van der Waals surface area contributed by atoms with Crippen molar-refractivity contribution in [1.29, 1.82) is 5.41 Å². The van der Waals surface area contributed by atoms with Crippen LogP contribution in [-0.2, 0) is 15.7 Å². The highest BCUT2D eigenvalue weighted by atomic mass is 19.4. The number of hydrogen-bond acceptors (Lipinski definition) is 6. The summed E-state index contributed by atoms with van der Waals surface area (Å²) in [6.07, 6.45) is -4.51. The number of carbonyl (C=O) groups excluding carboxylic acids is 2. The SMILES string of the molecule is CC(=N)C(C(C)=O)=C(O)COC(=O)c1ccccc1Nc1cccc(C(F)(F)F)c1. The molecule has 0 aliphatic carbocycles. The monoisotopic (exact) mass is 420 g/mol. The third-order valence-electron chi connectivity index (χ3n) is 3.97. The summed E-state index contributed by atoms with van der Waals surface area (Å²) in [5.74, 6) is -1.99. The predicted octanol–water partition coefficient (Wildman–Crippen LogP) is 5.05. The molecule has 158 valence electrons. The molecule has 0 atom stereocenters. The minimum absolute atomic E-state index is 0.0126. The maximum absolute atomic E-state index is 12.9. The second-order valence-corrected chi connectivity index (χ2v) is 6.33. The van der Waals surface area contributed by atoms with E-state index in [0.29, 0.717) is 0 Å². The topological polar surface area (TPSA) is 99.5 Å². The first-order valence-electron chi connectivity index (χ1n) is 8.69. The van der Waals surface area contributed by atoms with E-state index in [1.807, 2.05) is 0 Å². The number of allylic oxidation sites excluding steroid dienone is 1. The average Bonchev–Trinajstić information content (AvgIpc) is 2.65. The van der Waals surface area contributed by atoms with E-state index >= 15 is 0 Å². The molecule has 0 aliphatic heterocycles. The fourth-order valence-electron chi connectivity index (χ4n) is 2.67. The van der Waals surface area contributed by atoms with Gasteiger partial charge in [-0.2, -0.15) is 13.2 Å². The molecule has 0 aromatic heterocycles. The van der Waals surface area contributed by atoms with E-state index in [1.54, 1.807) is 6.07 Å². The number of ether oxygens (including phenoxy) is 1. The van der Waals surface area contributed by atoms with Gasteiger partial charge in [-0.25, -0.2) is 4.79 Å². The lowest BCUT2D eigenvalue weighted by molar-refractivity contribution is -0.137. The van der Waals surface area contributed by atoms with E-state index in [0.717, 1.165) is 12.1 Å². The number of anilines is 2. The van der Waals surface area contributed by atoms with Gasteiger partial charge in [0.25, 0.3) is 0 Å². The summed E-state index contributed by atoms with van der Waals surface area (Å²) in [7, 11) is 0. The van der Waals surface area contributed by atoms with Crippen molar-refractivity contribution in [3.05, 3.63) is 71.0 Å². The number of Topliss-reactive ketones (excluding diaryl/α,β-unsaturated/α-hetero) is 1. The molecule has 2 rings (SSSR count). The summed E-state index contributed by atoms with van der Waals surface area (Å²) in [5.41, 5.74) is -0.952. The lowest BCUT2D eigenvalue weighted by Gasteiger charge is -2.14. The zero-order chi connectivity index (χ0) is 22.5. The van der Waals surface area contributed by atoms with E-state index in [2.05, 4.69) is 5.32 Å². The Bertz CT molecular complexity index is 997. The van der Waals surface area contributed by atoms with Crippen molar-refractivity contribution < 1.29 is 32.6 Å². The zero-order valence-corrected chi connectivity index (χ0v) is 16.1. The van der Waals surface area contributed by atoms with Gasteiger partial charge in [0.05, 0.1) is 22.4 Å². The Labute approximate surface area is 170 Å². The first kappa shape index (κ1) is 22.7. The number of aliphatic hydroxyl groups excluding tert-OH is 1. The van der Waals surface area contributed by atoms with Crippen LogP contribution in [-0.4, -0.2) is 29.2 Å². The maximum Gasteiger partial charge on any atom is 0.416 e. The number of alkyl halides is 3. The molecule has 0 fully saturated rings. The molecule has 0 bridgehead atoms. The largest absolute Gasteiger partial charge is 0.508 e. The maximum atomic E-state index is 12.9. The molecule has 0 saturated heterocycles. The molecule has 30 heavy (non-hydrogen) atoms. The lowest BCUT2D eigenvalue weighted by atomic mass is 10.1. The van der Waals surface area contributed by atoms with E-state index in [-0.39, 0.29) is 28.2 Å². The van der Waals surface area contributed by atoms with Gasteiger partial charge in [0.2, 0.25) is 0 Å². The molecule has 0 aliphatic rings. The summed E-state index contributed by atoms with van der Waals surface area (Å²) in [5, 5.41) is 20.2. The number of rotatable bonds is 7. The quantitative estimate of drug-likeness (QED) is 0.252. The van der Waals surface area contributed by atoms with Gasteiger partial charge in [0, 0.05) is 11.4 Å². The van der Waals surface area contributed by atoms with Crippen LogP contribution in [0.2, 0.25) is 0 Å². The number of aliphatic hydroxyl groups is 1. The van der Waals surface area contributed by atoms with Crippen molar-refractivity contribution in [2.75, 3.05) is 11.9 Å². The molecule has 2 aromatic rings. The Morgan fingerprint density at radius 3 is 2.37 bits per heavy atom. The fourth-order valence-corrected chi connectivity index (χ4v) is 2.67. The van der Waals surface area contributed by atoms with Gasteiger partial charge in [-0.15, -0.1) is 0 Å². The third-order valence-corrected chi connectivity index (χ3v) is 3.97. The summed E-state index contributed by atoms with van der Waals surface area (Å²) in [6.45, 7) is 1.84. The van der Waals surface area contributed by atoms with Gasteiger partial charge in [0.1, 0.15) is 12.4 Å². The second-order valence-electron chi connectivity index (χ2n) is 6.33. The summed E-state index contributed by atoms with van der Waals surface area (Å²) in [6, 6.07) is 10.5. The molecule has 0 spiro atoms. The number of ketones is 1. The van der Waals surface area contributed by atoms with Gasteiger partial charge in [-0.1, -0.05) is 18.2 Å². The van der Waals surface area contributed by atoms with E-state index in [1.165, 1.54) is 44.2 Å². The molecule has 9 heteroatoms. The van der Waals surface area contributed by atoms with Gasteiger partial charge in [-0.3, -0.25) is 4.79 Å². The highest BCUT2D eigenvalue weighted by molar-refractivity contribution is 6.20. The Hall–Kier alpha value is -3.62. The van der Waals surface area contributed by atoms with E-state index < -0.39 is 35.9 Å². The summed E-state index contributed by atoms with van der Waals surface area (Å²) in [4.78, 5) is 23.9. The van der Waals surface area contributed by atoms with Crippen molar-refractivity contribution >= 4 is 28.8 Å². The standard InChI is InChI=1S/C21H19F3N2O4/c1-12(25)19(13(2)27)18(28)11-30-20(29)16-8-3-4-9-17(16)26-15-7-5-6-14(10-15)21(22,23)24/h3-10,25-26,28H,11H2,1-2H3. The Balaban J connectivity index is 2.23. The number of nitrogens with one attached hydrogen (secondary N) is 2. The van der Waals surface area contributed by atoms with Crippen molar-refractivity contribution in [2.45, 2.75) is 20.0 Å². The van der Waals surface area contributed by atoms with Crippen molar-refractivity contribution in [3.8, 4) is 0 Å². The number of esters is 1. The van der Waals surface area contributed by atoms with Gasteiger partial charge in [-0.05, 0) is 44.2 Å². The van der Waals surface area contributed by atoms with Gasteiger partial charge in [0.15, 0.2) is 5.78 Å². The second kappa shape index (κ2) is 9.25. The molecule has 0 saturated carbocycles. The van der Waals surface area contributed by atoms with Crippen molar-refractivity contribution in [2.24, 2.45) is 0 Å². The van der Waals surface area contributed by atoms with Crippen LogP contribution >= 0.6 is 0 Å². The van der Waals surface area contributed by atoms with Crippen molar-refractivity contribution in [1.82, 2.24) is 0 Å². The Morgan fingerprint density at radius 2 is 1.77 bits per heavy atom. The molecule has 0 radical (unpaired) electrons. The minimum Gasteiger partial charge on any atom is -0.508 e. The molecule has 0 heterocycles. The summed E-state index contributed by atoms with van der Waals surface area (Å²) >= 11 is 0. The van der Waals surface area contributed by atoms with Crippen LogP contribution < -0.4 is 5.32 Å². The Kier molecular flexibility index (Phi) is 6.99. The van der Waals surface area contributed by atoms with Crippen LogP contribution in [0.5, 0.6) is 0 Å². The smallest absolute Gasteiger partial charge is 0.416 e. The number of hydrogen-bond donors (Lipinski definition) is 3. The molecule has 0 amide bonds. The first-order chi connectivity index (χ1) is 14.0. The van der Waals surface area contributed by atoms with Crippen molar-refractivity contribution in [3.63, 3.8) is 0 Å². The minimum atomic E-state index is -4.51. The van der Waals surface area contributed by atoms with Crippen LogP contribution in [0.1, 0.15) is 29.8 Å². The van der Waals surface area contributed by atoms with Crippen LogP contribution in [0.15, 0.2) is 59.9 Å². The molecular formula is C21H19F3N2O4. The molecule has 2 aromatic carbocycles. The number of halogens is 3. The molecular weight excluding hydrogens is 401 g/mol. The van der Waals surface area contributed by atoms with E-state index in [9.17, 15) is 27.9 Å². The molecule has 6 nitrogen and oxygen atoms in total. The zero-order valence-electron chi connectivity index (χ0n) is 16.1. The average molecular weight is 420 g/mol. The normalized spacial score (nSPS) is 12.0. The predicted molar refractivity (Wildman–Crippen MR) is 105 cm³/mol. The van der Waals surface area contributed by atoms with Gasteiger partial charge < -0.3 is 20.6 Å². The third kappa shape index (κ3) is 5.69. The summed E-state index contributed by atoms with van der Waals surface area (Å²) < 4.78 is 43.7. The molecule has 3 N–H and O–H groups in total. The number of para-hydroxylation sites is 1. The Morgan fingerprint density at radius 1 is 1.10 bits per heavy atom. The molecule has 0 unspecified atom stereocenters. The van der Waals surface area contributed by atoms with Crippen LogP contribution in [0.3, 0.4) is 0 Å². The first-order valence-corrected chi connectivity index (χ1v) is 8.69. The van der Waals surface area contributed by atoms with E-state index in [4.69, 9.17) is 10.1 Å². The highest BCUT2D eigenvalue weighted by Crippen LogP contribution is 2.32. The fraction of sp³-hybridized carbons (Fsp3) is 0.190. The number of carbonyl (C=O) groups is 2. The highest BCUT2D eigenvalue weighted by Gasteiger charge is 2.30. The number of benzene rings is 2. The lowest BCUT2D eigenvalue weighted by Crippen LogP contribution is -2.15. The van der Waals surface area contributed by atoms with Crippen LogP contribution in [0, 0.1) is 5.41 Å². The van der Waals surface area contributed by atoms with Crippen LogP contribution in [0.4, 0.5) is 24.5 Å². The van der Waals surface area contributed by atoms with Gasteiger partial charge >= 0.3 is 12.1 Å². The van der Waals surface area contributed by atoms with Crippen LogP contribution in [0.25, 0.3) is 0 Å².